The molecule has 1 heterocycles. The van der Waals surface area contributed by atoms with Crippen molar-refractivity contribution in [3.63, 3.8) is 0 Å². The normalized spacial score (nSPS) is 25.4. The number of aliphatic hydroxyl groups excluding tert-OH is 1. The van der Waals surface area contributed by atoms with Crippen molar-refractivity contribution in [1.82, 2.24) is 9.97 Å². The number of halogens is 1. The van der Waals surface area contributed by atoms with Crippen molar-refractivity contribution in [3.8, 4) is 0 Å². The van der Waals surface area contributed by atoms with Crippen molar-refractivity contribution >= 4 is 21.9 Å². The predicted octanol–water partition coefficient (Wildman–Crippen LogP) is 2.20. The number of aromatic nitrogens is 2. The third-order valence-corrected chi connectivity index (χ3v) is 3.42. The summed E-state index contributed by atoms with van der Waals surface area (Å²) in [5, 5.41) is 13.0. The number of anilines is 1. The molecule has 2 atom stereocenters. The van der Waals surface area contributed by atoms with Crippen molar-refractivity contribution in [2.24, 2.45) is 5.92 Å². The zero-order valence-electron chi connectivity index (χ0n) is 9.06. The quantitative estimate of drug-likeness (QED) is 0.894. The molecule has 1 fully saturated rings. The smallest absolute Gasteiger partial charge is 0.222 e. The summed E-state index contributed by atoms with van der Waals surface area (Å²) in [6.07, 6.45) is 7.63. The summed E-state index contributed by atoms with van der Waals surface area (Å²) in [7, 11) is 0. The fourth-order valence-corrected chi connectivity index (χ4v) is 2.26. The first kappa shape index (κ1) is 11.8. The lowest BCUT2D eigenvalue weighted by atomic mass is 9.86. The van der Waals surface area contributed by atoms with Crippen LogP contribution in [0.4, 0.5) is 5.95 Å². The van der Waals surface area contributed by atoms with Gasteiger partial charge in [0, 0.05) is 24.9 Å². The highest BCUT2D eigenvalue weighted by Gasteiger charge is 2.22. The van der Waals surface area contributed by atoms with E-state index in [4.69, 9.17) is 0 Å². The summed E-state index contributed by atoms with van der Waals surface area (Å²) in [6, 6.07) is 0. The van der Waals surface area contributed by atoms with Gasteiger partial charge in [0.25, 0.3) is 0 Å². The van der Waals surface area contributed by atoms with Gasteiger partial charge in [0.1, 0.15) is 0 Å². The first-order valence-corrected chi connectivity index (χ1v) is 6.44. The van der Waals surface area contributed by atoms with Gasteiger partial charge in [0.15, 0.2) is 0 Å². The number of aliphatic hydroxyl groups is 1. The van der Waals surface area contributed by atoms with Crippen LogP contribution in [-0.4, -0.2) is 27.7 Å². The van der Waals surface area contributed by atoms with Crippen molar-refractivity contribution < 1.29 is 5.11 Å². The Bertz CT molecular complexity index is 331. The number of hydrogen-bond donors (Lipinski definition) is 2. The predicted molar refractivity (Wildman–Crippen MR) is 66.2 cm³/mol. The van der Waals surface area contributed by atoms with E-state index in [9.17, 15) is 5.11 Å². The molecular formula is C11H16BrN3O. The van der Waals surface area contributed by atoms with Gasteiger partial charge < -0.3 is 10.4 Å². The molecule has 4 nitrogen and oxygen atoms in total. The molecule has 88 valence electrons. The highest BCUT2D eigenvalue weighted by Crippen LogP contribution is 2.24. The highest BCUT2D eigenvalue weighted by atomic mass is 79.9. The van der Waals surface area contributed by atoms with Gasteiger partial charge in [-0.2, -0.15) is 0 Å². The standard InChI is InChI=1S/C11H16BrN3O/c12-9-6-14-11(15-7-9)13-5-8-3-1-2-4-10(8)16/h6-8,10,16H,1-5H2,(H,13,14,15). The Balaban J connectivity index is 1.84. The molecule has 1 saturated carbocycles. The summed E-state index contributed by atoms with van der Waals surface area (Å²) in [5.74, 6) is 0.960. The van der Waals surface area contributed by atoms with E-state index in [-0.39, 0.29) is 6.10 Å². The lowest BCUT2D eigenvalue weighted by molar-refractivity contribution is 0.0762. The average Bonchev–Trinajstić information content (AvgIpc) is 2.30. The van der Waals surface area contributed by atoms with Crippen molar-refractivity contribution in [3.05, 3.63) is 16.9 Å². The van der Waals surface area contributed by atoms with Crippen LogP contribution in [0.1, 0.15) is 25.7 Å². The maximum Gasteiger partial charge on any atom is 0.222 e. The zero-order valence-corrected chi connectivity index (χ0v) is 10.7. The van der Waals surface area contributed by atoms with Gasteiger partial charge in [-0.05, 0) is 28.8 Å². The molecule has 0 aromatic carbocycles. The molecule has 0 radical (unpaired) electrons. The van der Waals surface area contributed by atoms with E-state index in [1.54, 1.807) is 12.4 Å². The van der Waals surface area contributed by atoms with E-state index in [1.165, 1.54) is 6.42 Å². The summed E-state index contributed by atoms with van der Waals surface area (Å²) in [4.78, 5) is 8.27. The van der Waals surface area contributed by atoms with E-state index in [0.717, 1.165) is 30.3 Å². The molecule has 0 spiro atoms. The Morgan fingerprint density at radius 2 is 2.00 bits per heavy atom. The SMILES string of the molecule is OC1CCCCC1CNc1ncc(Br)cn1. The van der Waals surface area contributed by atoms with Crippen LogP contribution in [0.3, 0.4) is 0 Å². The van der Waals surface area contributed by atoms with Gasteiger partial charge in [0.2, 0.25) is 5.95 Å². The van der Waals surface area contributed by atoms with E-state index in [1.807, 2.05) is 0 Å². The first-order chi connectivity index (χ1) is 7.75. The van der Waals surface area contributed by atoms with Gasteiger partial charge in [-0.1, -0.05) is 12.8 Å². The van der Waals surface area contributed by atoms with Gasteiger partial charge in [-0.3, -0.25) is 0 Å². The van der Waals surface area contributed by atoms with E-state index < -0.39 is 0 Å². The van der Waals surface area contributed by atoms with Crippen molar-refractivity contribution in [1.29, 1.82) is 0 Å². The average molecular weight is 286 g/mol. The third kappa shape index (κ3) is 3.15. The molecular weight excluding hydrogens is 270 g/mol. The molecule has 0 aliphatic heterocycles. The van der Waals surface area contributed by atoms with Gasteiger partial charge in [-0.25, -0.2) is 9.97 Å². The lowest BCUT2D eigenvalue weighted by Gasteiger charge is -2.27. The van der Waals surface area contributed by atoms with Crippen LogP contribution in [-0.2, 0) is 0 Å². The van der Waals surface area contributed by atoms with Crippen LogP contribution in [0, 0.1) is 5.92 Å². The molecule has 0 amide bonds. The number of nitrogens with zero attached hydrogens (tertiary/aromatic N) is 2. The minimum atomic E-state index is -0.170. The second-order valence-corrected chi connectivity index (χ2v) is 5.13. The van der Waals surface area contributed by atoms with Gasteiger partial charge in [-0.15, -0.1) is 0 Å². The Hall–Kier alpha value is -0.680. The van der Waals surface area contributed by atoms with Crippen LogP contribution in [0.15, 0.2) is 16.9 Å². The summed E-state index contributed by atoms with van der Waals surface area (Å²) >= 11 is 3.29. The number of rotatable bonds is 3. The maximum atomic E-state index is 9.80. The molecule has 2 rings (SSSR count). The molecule has 1 aromatic rings. The lowest BCUT2D eigenvalue weighted by Crippen LogP contribution is -2.30. The molecule has 16 heavy (non-hydrogen) atoms. The third-order valence-electron chi connectivity index (χ3n) is 3.01. The van der Waals surface area contributed by atoms with E-state index >= 15 is 0 Å². The number of hydrogen-bond acceptors (Lipinski definition) is 4. The second kappa shape index (κ2) is 5.59. The van der Waals surface area contributed by atoms with Gasteiger partial charge >= 0.3 is 0 Å². The Kier molecular flexibility index (Phi) is 4.12. The molecule has 2 unspecified atom stereocenters. The summed E-state index contributed by atoms with van der Waals surface area (Å²) < 4.78 is 0.871. The van der Waals surface area contributed by atoms with Crippen LogP contribution >= 0.6 is 15.9 Å². The van der Waals surface area contributed by atoms with Gasteiger partial charge in [0.05, 0.1) is 10.6 Å². The maximum absolute atomic E-state index is 9.80. The van der Waals surface area contributed by atoms with Crippen LogP contribution < -0.4 is 5.32 Å². The number of nitrogens with one attached hydrogen (secondary N) is 1. The van der Waals surface area contributed by atoms with Crippen LogP contribution in [0.5, 0.6) is 0 Å². The minimum absolute atomic E-state index is 0.170. The molecule has 0 bridgehead atoms. The Morgan fingerprint density at radius 3 is 2.69 bits per heavy atom. The van der Waals surface area contributed by atoms with Crippen LogP contribution in [0.2, 0.25) is 0 Å². The molecule has 5 heteroatoms. The first-order valence-electron chi connectivity index (χ1n) is 5.65. The molecule has 0 saturated heterocycles. The topological polar surface area (TPSA) is 58.0 Å². The zero-order chi connectivity index (χ0) is 11.4. The minimum Gasteiger partial charge on any atom is -0.393 e. The largest absolute Gasteiger partial charge is 0.393 e. The molecule has 1 aliphatic rings. The second-order valence-electron chi connectivity index (χ2n) is 4.22. The monoisotopic (exact) mass is 285 g/mol. The Morgan fingerprint density at radius 1 is 1.31 bits per heavy atom. The fourth-order valence-electron chi connectivity index (χ4n) is 2.05. The highest BCUT2D eigenvalue weighted by molar-refractivity contribution is 9.10. The Labute approximate surface area is 104 Å². The summed E-state index contributed by atoms with van der Waals surface area (Å²) in [5.41, 5.74) is 0. The van der Waals surface area contributed by atoms with Crippen molar-refractivity contribution in [2.75, 3.05) is 11.9 Å². The fraction of sp³-hybridized carbons (Fsp3) is 0.636. The molecule has 1 aliphatic carbocycles. The van der Waals surface area contributed by atoms with E-state index in [0.29, 0.717) is 11.9 Å². The van der Waals surface area contributed by atoms with Crippen molar-refractivity contribution in [2.45, 2.75) is 31.8 Å². The van der Waals surface area contributed by atoms with E-state index in [2.05, 4.69) is 31.2 Å². The van der Waals surface area contributed by atoms with Crippen LogP contribution in [0.25, 0.3) is 0 Å². The molecule has 2 N–H and O–H groups in total. The molecule has 1 aromatic heterocycles. The summed E-state index contributed by atoms with van der Waals surface area (Å²) in [6.45, 7) is 0.753.